The van der Waals surface area contributed by atoms with Gasteiger partial charge >= 0.3 is 11.9 Å². The van der Waals surface area contributed by atoms with E-state index in [0.29, 0.717) is 12.8 Å². The predicted octanol–water partition coefficient (Wildman–Crippen LogP) is 0.462. The van der Waals surface area contributed by atoms with E-state index in [1.165, 1.54) is 6.92 Å². The van der Waals surface area contributed by atoms with E-state index in [1.54, 1.807) is 6.92 Å². The van der Waals surface area contributed by atoms with E-state index in [0.717, 1.165) is 0 Å². The lowest BCUT2D eigenvalue weighted by Crippen LogP contribution is -2.31. The molecule has 0 aromatic heterocycles. The number of carbonyl (C=O) groups is 3. The molecule has 5 heteroatoms. The summed E-state index contributed by atoms with van der Waals surface area (Å²) < 4.78 is 9.36. The van der Waals surface area contributed by atoms with Gasteiger partial charge in [0.1, 0.15) is 5.41 Å². The van der Waals surface area contributed by atoms with Crippen LogP contribution in [0.15, 0.2) is 0 Å². The van der Waals surface area contributed by atoms with Crippen LogP contribution in [0, 0.1) is 5.41 Å². The van der Waals surface area contributed by atoms with Crippen LogP contribution in [0.5, 0.6) is 0 Å². The Kier molecular flexibility index (Phi) is 3.44. The van der Waals surface area contributed by atoms with Crippen molar-refractivity contribution in [3.05, 3.63) is 0 Å². The van der Waals surface area contributed by atoms with Crippen molar-refractivity contribution in [2.75, 3.05) is 13.2 Å². The third kappa shape index (κ3) is 2.55. The lowest BCUT2D eigenvalue weighted by Gasteiger charge is -2.11. The minimum Gasteiger partial charge on any atom is -0.465 e. The maximum absolute atomic E-state index is 11.6. The van der Waals surface area contributed by atoms with Gasteiger partial charge in [0, 0.05) is 6.92 Å². The molecule has 1 saturated carbocycles. The number of Topliss-reactive ketones (excluding diaryl/α,β-unsaturated/α-hetero) is 1. The zero-order valence-electron chi connectivity index (χ0n) is 8.87. The fourth-order valence-electron chi connectivity index (χ4n) is 1.30. The fourth-order valence-corrected chi connectivity index (χ4v) is 1.30. The summed E-state index contributed by atoms with van der Waals surface area (Å²) in [7, 11) is 0. The number of carbonyl (C=O) groups excluding carboxylic acids is 3. The first-order valence-electron chi connectivity index (χ1n) is 4.87. The summed E-state index contributed by atoms with van der Waals surface area (Å²) in [4.78, 5) is 33.5. The Morgan fingerprint density at radius 3 is 2.20 bits per heavy atom. The van der Waals surface area contributed by atoms with Crippen molar-refractivity contribution in [3.63, 3.8) is 0 Å². The van der Waals surface area contributed by atoms with Crippen LogP contribution in [0.25, 0.3) is 0 Å². The number of rotatable bonds is 5. The van der Waals surface area contributed by atoms with Gasteiger partial charge in [-0.15, -0.1) is 0 Å². The monoisotopic (exact) mass is 214 g/mol. The smallest absolute Gasteiger partial charge is 0.319 e. The second-order valence-electron chi connectivity index (χ2n) is 3.51. The summed E-state index contributed by atoms with van der Waals surface area (Å²) in [5.74, 6) is -1.39. The average Bonchev–Trinajstić information content (AvgIpc) is 2.95. The average molecular weight is 214 g/mol. The molecule has 1 aliphatic rings. The molecule has 0 aromatic carbocycles. The molecule has 0 unspecified atom stereocenters. The van der Waals surface area contributed by atoms with Gasteiger partial charge in [-0.25, -0.2) is 0 Å². The standard InChI is InChI=1S/C10H14O5/c1-3-14-9(13)10(4-5-10)8(12)6-15-7(2)11/h3-6H2,1-2H3. The molecule has 1 fully saturated rings. The Morgan fingerprint density at radius 2 is 1.80 bits per heavy atom. The maximum atomic E-state index is 11.6. The van der Waals surface area contributed by atoms with Crippen molar-refractivity contribution in [1.29, 1.82) is 0 Å². The Hall–Kier alpha value is -1.39. The molecule has 15 heavy (non-hydrogen) atoms. The van der Waals surface area contributed by atoms with Crippen LogP contribution in [0.1, 0.15) is 26.7 Å². The van der Waals surface area contributed by atoms with Crippen molar-refractivity contribution in [2.24, 2.45) is 5.41 Å². The van der Waals surface area contributed by atoms with E-state index in [4.69, 9.17) is 4.74 Å². The first-order chi connectivity index (χ1) is 7.03. The summed E-state index contributed by atoms with van der Waals surface area (Å²) in [5.41, 5.74) is -1.02. The van der Waals surface area contributed by atoms with E-state index in [2.05, 4.69) is 4.74 Å². The van der Waals surface area contributed by atoms with Crippen LogP contribution in [-0.2, 0) is 23.9 Å². The minimum absolute atomic E-state index is 0.251. The van der Waals surface area contributed by atoms with Crippen LogP contribution >= 0.6 is 0 Å². The van der Waals surface area contributed by atoms with E-state index < -0.39 is 17.4 Å². The second kappa shape index (κ2) is 4.42. The number of esters is 2. The van der Waals surface area contributed by atoms with Crippen molar-refractivity contribution in [2.45, 2.75) is 26.7 Å². The highest BCUT2D eigenvalue weighted by atomic mass is 16.5. The highest BCUT2D eigenvalue weighted by molar-refractivity contribution is 6.07. The van der Waals surface area contributed by atoms with Gasteiger partial charge in [-0.1, -0.05) is 0 Å². The van der Waals surface area contributed by atoms with Crippen LogP contribution < -0.4 is 0 Å². The molecular weight excluding hydrogens is 200 g/mol. The van der Waals surface area contributed by atoms with Gasteiger partial charge in [0.2, 0.25) is 0 Å². The lowest BCUT2D eigenvalue weighted by molar-refractivity contribution is -0.157. The van der Waals surface area contributed by atoms with E-state index >= 15 is 0 Å². The number of hydrogen-bond donors (Lipinski definition) is 0. The van der Waals surface area contributed by atoms with Crippen molar-refractivity contribution >= 4 is 17.7 Å². The summed E-state index contributed by atoms with van der Waals surface area (Å²) in [6, 6.07) is 0. The molecule has 0 bridgehead atoms. The molecule has 0 heterocycles. The number of hydrogen-bond acceptors (Lipinski definition) is 5. The van der Waals surface area contributed by atoms with Crippen molar-refractivity contribution in [3.8, 4) is 0 Å². The fraction of sp³-hybridized carbons (Fsp3) is 0.700. The SMILES string of the molecule is CCOC(=O)C1(C(=O)COC(C)=O)CC1. The van der Waals surface area contributed by atoms with E-state index in [1.807, 2.05) is 0 Å². The Balaban J connectivity index is 2.51. The zero-order valence-corrected chi connectivity index (χ0v) is 8.87. The maximum Gasteiger partial charge on any atom is 0.319 e. The molecule has 0 radical (unpaired) electrons. The van der Waals surface area contributed by atoms with E-state index in [-0.39, 0.29) is 19.0 Å². The van der Waals surface area contributed by atoms with Gasteiger partial charge in [-0.2, -0.15) is 0 Å². The molecule has 5 nitrogen and oxygen atoms in total. The van der Waals surface area contributed by atoms with E-state index in [9.17, 15) is 14.4 Å². The third-order valence-electron chi connectivity index (χ3n) is 2.36. The highest BCUT2D eigenvalue weighted by Gasteiger charge is 2.57. The van der Waals surface area contributed by atoms with Crippen LogP contribution in [0.4, 0.5) is 0 Å². The third-order valence-corrected chi connectivity index (χ3v) is 2.36. The quantitative estimate of drug-likeness (QED) is 0.491. The molecule has 84 valence electrons. The largest absolute Gasteiger partial charge is 0.465 e. The second-order valence-corrected chi connectivity index (χ2v) is 3.51. The van der Waals surface area contributed by atoms with Crippen LogP contribution in [-0.4, -0.2) is 30.9 Å². The van der Waals surface area contributed by atoms with Crippen molar-refractivity contribution in [1.82, 2.24) is 0 Å². The topological polar surface area (TPSA) is 69.7 Å². The Morgan fingerprint density at radius 1 is 1.20 bits per heavy atom. The van der Waals surface area contributed by atoms with Gasteiger partial charge in [0.25, 0.3) is 0 Å². The summed E-state index contributed by atoms with van der Waals surface area (Å²) >= 11 is 0. The van der Waals surface area contributed by atoms with Gasteiger partial charge in [0.15, 0.2) is 12.4 Å². The Bertz CT molecular complexity index is 290. The molecule has 0 spiro atoms. The van der Waals surface area contributed by atoms with Gasteiger partial charge < -0.3 is 9.47 Å². The zero-order chi connectivity index (χ0) is 11.5. The molecule has 0 aliphatic heterocycles. The molecule has 0 aromatic rings. The van der Waals surface area contributed by atoms with Crippen molar-refractivity contribution < 1.29 is 23.9 Å². The molecule has 0 N–H and O–H groups in total. The molecule has 1 aliphatic carbocycles. The first kappa shape index (κ1) is 11.7. The normalized spacial score (nSPS) is 16.7. The molecule has 0 amide bonds. The van der Waals surface area contributed by atoms with Gasteiger partial charge in [0.05, 0.1) is 6.61 Å². The van der Waals surface area contributed by atoms with Crippen LogP contribution in [0.3, 0.4) is 0 Å². The summed E-state index contributed by atoms with van der Waals surface area (Å²) in [6.07, 6.45) is 0.984. The number of ketones is 1. The minimum atomic E-state index is -1.02. The molecule has 0 atom stereocenters. The van der Waals surface area contributed by atoms with Gasteiger partial charge in [-0.05, 0) is 19.8 Å². The lowest BCUT2D eigenvalue weighted by atomic mass is 10.0. The highest BCUT2D eigenvalue weighted by Crippen LogP contribution is 2.47. The first-order valence-corrected chi connectivity index (χ1v) is 4.87. The predicted molar refractivity (Wildman–Crippen MR) is 49.9 cm³/mol. The summed E-state index contributed by atoms with van der Waals surface area (Å²) in [5, 5.41) is 0. The summed E-state index contributed by atoms with van der Waals surface area (Å²) in [6.45, 7) is 2.82. The number of ether oxygens (including phenoxy) is 2. The molecule has 1 rings (SSSR count). The van der Waals surface area contributed by atoms with Gasteiger partial charge in [-0.3, -0.25) is 14.4 Å². The molecular formula is C10H14O5. The van der Waals surface area contributed by atoms with Crippen LogP contribution in [0.2, 0.25) is 0 Å². The molecule has 0 saturated heterocycles. The Labute approximate surface area is 87.7 Å².